The van der Waals surface area contributed by atoms with Gasteiger partial charge in [-0.2, -0.15) is 0 Å². The van der Waals surface area contributed by atoms with E-state index < -0.39 is 0 Å². The number of rotatable bonds is 5. The molecule has 0 bridgehead atoms. The molecule has 0 heterocycles. The summed E-state index contributed by atoms with van der Waals surface area (Å²) in [7, 11) is 0.774. The van der Waals surface area contributed by atoms with E-state index >= 15 is 0 Å². The average Bonchev–Trinajstić information content (AvgIpc) is 2.15. The van der Waals surface area contributed by atoms with Gasteiger partial charge in [-0.15, -0.1) is 0 Å². The van der Waals surface area contributed by atoms with E-state index in [0.29, 0.717) is 27.4 Å². The van der Waals surface area contributed by atoms with Gasteiger partial charge >= 0.3 is 0 Å². The first-order valence-corrected chi connectivity index (χ1v) is 5.93. The fourth-order valence-electron chi connectivity index (χ4n) is 1.10. The molecule has 6 heteroatoms. The van der Waals surface area contributed by atoms with Crippen LogP contribution in [0.2, 0.25) is 0 Å². The summed E-state index contributed by atoms with van der Waals surface area (Å²) in [5.74, 6) is -0.860. The van der Waals surface area contributed by atoms with E-state index in [1.165, 1.54) is 0 Å². The van der Waals surface area contributed by atoms with Gasteiger partial charge in [-0.25, -0.2) is 0 Å². The fourth-order valence-corrected chi connectivity index (χ4v) is 1.60. The second kappa shape index (κ2) is 6.84. The summed E-state index contributed by atoms with van der Waals surface area (Å²) in [6.45, 7) is 1.97. The Balaban J connectivity index is 4.08. The van der Waals surface area contributed by atoms with Gasteiger partial charge in [0.1, 0.15) is 0 Å². The SMILES string of the molecule is CCCC(CC(=O)O[SiH3])C(=O)O[SiH3]. The molecule has 0 N–H and O–H groups in total. The highest BCUT2D eigenvalue weighted by Crippen LogP contribution is 2.13. The fraction of sp³-hybridized carbons (Fsp3) is 0.714. The highest BCUT2D eigenvalue weighted by Gasteiger charge is 2.21. The zero-order chi connectivity index (χ0) is 10.3. The first-order chi connectivity index (χ1) is 6.15. The number of carbonyl (C=O) groups is 2. The van der Waals surface area contributed by atoms with Crippen LogP contribution in [0, 0.1) is 5.92 Å². The lowest BCUT2D eigenvalue weighted by Crippen LogP contribution is -2.21. The maximum Gasteiger partial charge on any atom is 0.295 e. The van der Waals surface area contributed by atoms with Crippen molar-refractivity contribution in [2.75, 3.05) is 0 Å². The van der Waals surface area contributed by atoms with Crippen LogP contribution >= 0.6 is 0 Å². The largest absolute Gasteiger partial charge is 0.529 e. The molecule has 0 aliphatic carbocycles. The van der Waals surface area contributed by atoms with Crippen molar-refractivity contribution in [1.82, 2.24) is 0 Å². The third kappa shape index (κ3) is 4.84. The summed E-state index contributed by atoms with van der Waals surface area (Å²) >= 11 is 0. The molecule has 0 saturated carbocycles. The second-order valence-corrected chi connectivity index (χ2v) is 3.61. The van der Waals surface area contributed by atoms with E-state index in [1.807, 2.05) is 6.92 Å². The third-order valence-corrected chi connectivity index (χ3v) is 2.67. The van der Waals surface area contributed by atoms with Crippen molar-refractivity contribution in [3.8, 4) is 0 Å². The Kier molecular flexibility index (Phi) is 6.51. The molecule has 13 heavy (non-hydrogen) atoms. The topological polar surface area (TPSA) is 52.6 Å². The molecule has 0 radical (unpaired) electrons. The molecular weight excluding hydrogens is 204 g/mol. The van der Waals surface area contributed by atoms with Crippen LogP contribution in [0.1, 0.15) is 26.2 Å². The van der Waals surface area contributed by atoms with Gasteiger partial charge < -0.3 is 8.85 Å². The van der Waals surface area contributed by atoms with Crippen LogP contribution < -0.4 is 0 Å². The molecule has 0 aromatic rings. The van der Waals surface area contributed by atoms with E-state index in [-0.39, 0.29) is 24.3 Å². The Morgan fingerprint density at radius 3 is 2.31 bits per heavy atom. The molecule has 0 fully saturated rings. The van der Waals surface area contributed by atoms with Crippen LogP contribution in [-0.2, 0) is 18.4 Å². The molecule has 0 aliphatic rings. The summed E-state index contributed by atoms with van der Waals surface area (Å²) in [5.41, 5.74) is 0. The maximum absolute atomic E-state index is 11.2. The second-order valence-electron chi connectivity index (χ2n) is 2.79. The smallest absolute Gasteiger partial charge is 0.295 e. The van der Waals surface area contributed by atoms with E-state index in [9.17, 15) is 9.59 Å². The Hall–Kier alpha value is -0.626. The molecule has 0 aliphatic heterocycles. The summed E-state index contributed by atoms with van der Waals surface area (Å²) < 4.78 is 9.34. The molecular formula is C7H16O4Si2. The summed E-state index contributed by atoms with van der Waals surface area (Å²) in [6, 6.07) is 0. The van der Waals surface area contributed by atoms with E-state index in [2.05, 4.69) is 4.43 Å². The van der Waals surface area contributed by atoms with E-state index in [1.54, 1.807) is 0 Å². The highest BCUT2D eigenvalue weighted by atomic mass is 28.2. The predicted molar refractivity (Wildman–Crippen MR) is 55.1 cm³/mol. The molecule has 0 rings (SSSR count). The van der Waals surface area contributed by atoms with Gasteiger partial charge in [-0.1, -0.05) is 13.3 Å². The van der Waals surface area contributed by atoms with Gasteiger partial charge in [0.15, 0.2) is 0 Å². The monoisotopic (exact) mass is 220 g/mol. The van der Waals surface area contributed by atoms with Crippen molar-refractivity contribution in [3.05, 3.63) is 0 Å². The normalized spacial score (nSPS) is 12.4. The Morgan fingerprint density at radius 2 is 1.92 bits per heavy atom. The van der Waals surface area contributed by atoms with Crippen LogP contribution in [0.4, 0.5) is 0 Å². The standard InChI is InChI=1S/C7H16O4Si2/c1-2-3-5(7(9)11-13)4-6(8)10-12/h5H,2-4H2,1,12-13H3. The molecule has 1 atom stereocenters. The summed E-state index contributed by atoms with van der Waals surface area (Å²) in [4.78, 5) is 22.1. The first kappa shape index (κ1) is 12.4. The number of carbonyl (C=O) groups excluding carboxylic acids is 2. The van der Waals surface area contributed by atoms with Crippen LogP contribution in [0.5, 0.6) is 0 Å². The summed E-state index contributed by atoms with van der Waals surface area (Å²) in [6.07, 6.45) is 1.73. The van der Waals surface area contributed by atoms with Crippen LogP contribution in [0.3, 0.4) is 0 Å². The van der Waals surface area contributed by atoms with Crippen molar-refractivity contribution >= 4 is 32.9 Å². The predicted octanol–water partition coefficient (Wildman–Crippen LogP) is -1.56. The molecule has 0 saturated heterocycles. The number of hydrogen-bond acceptors (Lipinski definition) is 4. The van der Waals surface area contributed by atoms with Gasteiger partial charge in [0.2, 0.25) is 21.0 Å². The molecule has 76 valence electrons. The lowest BCUT2D eigenvalue weighted by molar-refractivity contribution is -0.145. The zero-order valence-electron chi connectivity index (χ0n) is 8.33. The average molecular weight is 220 g/mol. The van der Waals surface area contributed by atoms with Crippen molar-refractivity contribution in [1.29, 1.82) is 0 Å². The first-order valence-electron chi connectivity index (χ1n) is 4.30. The van der Waals surface area contributed by atoms with Crippen molar-refractivity contribution in [2.45, 2.75) is 26.2 Å². The van der Waals surface area contributed by atoms with Gasteiger partial charge in [0.05, 0.1) is 12.3 Å². The highest BCUT2D eigenvalue weighted by molar-refractivity contribution is 6.07. The summed E-state index contributed by atoms with van der Waals surface area (Å²) in [5, 5.41) is 0. The minimum atomic E-state index is -0.302. The molecule has 0 aromatic heterocycles. The van der Waals surface area contributed by atoms with Gasteiger partial charge in [0, 0.05) is 0 Å². The van der Waals surface area contributed by atoms with Crippen molar-refractivity contribution < 1.29 is 18.4 Å². The van der Waals surface area contributed by atoms with Crippen LogP contribution in [0.15, 0.2) is 0 Å². The Labute approximate surface area is 84.1 Å². The quantitative estimate of drug-likeness (QED) is 0.526. The van der Waals surface area contributed by atoms with Gasteiger partial charge in [-0.3, -0.25) is 9.59 Å². The lowest BCUT2D eigenvalue weighted by Gasteiger charge is -2.12. The molecule has 4 nitrogen and oxygen atoms in total. The van der Waals surface area contributed by atoms with Gasteiger partial charge in [0.25, 0.3) is 11.9 Å². The van der Waals surface area contributed by atoms with Crippen molar-refractivity contribution in [3.63, 3.8) is 0 Å². The third-order valence-electron chi connectivity index (χ3n) is 1.81. The minimum absolute atomic E-state index is 0.165. The van der Waals surface area contributed by atoms with Gasteiger partial charge in [-0.05, 0) is 6.42 Å². The van der Waals surface area contributed by atoms with Crippen molar-refractivity contribution in [2.24, 2.45) is 5.92 Å². The molecule has 0 aromatic carbocycles. The van der Waals surface area contributed by atoms with Crippen LogP contribution in [0.25, 0.3) is 0 Å². The Bertz CT molecular complexity index is 183. The van der Waals surface area contributed by atoms with E-state index in [0.717, 1.165) is 6.42 Å². The molecule has 0 amide bonds. The molecule has 0 spiro atoms. The van der Waals surface area contributed by atoms with Crippen LogP contribution in [-0.4, -0.2) is 32.9 Å². The van der Waals surface area contributed by atoms with E-state index in [4.69, 9.17) is 4.43 Å². The zero-order valence-corrected chi connectivity index (χ0v) is 12.3. The molecule has 1 unspecified atom stereocenters. The minimum Gasteiger partial charge on any atom is -0.529 e. The Morgan fingerprint density at radius 1 is 1.31 bits per heavy atom. The maximum atomic E-state index is 11.2. The lowest BCUT2D eigenvalue weighted by atomic mass is 10.0. The number of hydrogen-bond donors (Lipinski definition) is 0.